The maximum absolute atomic E-state index is 13.9. The standard InChI is InChI=1S/C33H46ClN3O8/c1-18-10-9-11-26(43-8)33(41)17-25(44-31(40)36-33)19(2)22-16-32(22,4)27(45-30(39)20(3)35-5)15-28(38)37(6)23-13-21(12-18)14-24(42-7)29(23)34/h9-11,13-14,19-20,22,25-27,35,41H,12,15-17H2,1-8H3,(H,36,40)/b11-9+,18-10+/t19-,20-,22+,25?,26+,27-,32+,33-/m0/s1. The second-order valence-electron chi connectivity index (χ2n) is 12.8. The van der Waals surface area contributed by atoms with Crippen LogP contribution in [0, 0.1) is 17.3 Å². The Morgan fingerprint density at radius 1 is 1.27 bits per heavy atom. The molecule has 2 fully saturated rings. The van der Waals surface area contributed by atoms with Gasteiger partial charge in [-0.15, -0.1) is 0 Å². The van der Waals surface area contributed by atoms with Crippen molar-refractivity contribution in [2.45, 2.75) is 83.5 Å². The van der Waals surface area contributed by atoms with Gasteiger partial charge in [0, 0.05) is 26.0 Å². The quantitative estimate of drug-likeness (QED) is 0.403. The van der Waals surface area contributed by atoms with Crippen LogP contribution in [-0.4, -0.2) is 81.5 Å². The first-order chi connectivity index (χ1) is 21.2. The summed E-state index contributed by atoms with van der Waals surface area (Å²) in [4.78, 5) is 41.1. The number of ether oxygens (including phenoxy) is 4. The Balaban J connectivity index is 1.80. The Hall–Kier alpha value is -3.12. The zero-order valence-electron chi connectivity index (χ0n) is 27.3. The first-order valence-corrected chi connectivity index (χ1v) is 15.6. The van der Waals surface area contributed by atoms with Gasteiger partial charge in [-0.3, -0.25) is 14.9 Å². The molecular formula is C33H46ClN3O8. The van der Waals surface area contributed by atoms with Gasteiger partial charge in [-0.05, 0) is 63.3 Å². The fourth-order valence-corrected chi connectivity index (χ4v) is 6.83. The van der Waals surface area contributed by atoms with Gasteiger partial charge >= 0.3 is 12.1 Å². The minimum atomic E-state index is -1.72. The molecule has 1 aromatic carbocycles. The van der Waals surface area contributed by atoms with Crippen molar-refractivity contribution >= 4 is 35.3 Å². The fourth-order valence-electron chi connectivity index (χ4n) is 6.52. The van der Waals surface area contributed by atoms with E-state index < -0.39 is 47.6 Å². The SMILES string of the molecule is CN[C@@H](C)C(=O)O[C@H]1CC(=O)N(C)c2cc(cc(OC)c2Cl)C/C(C)=C/C=C/[C@@H](OC)[C@@]2(O)CC(OC(=O)N2)[C@@H](C)[C@H]2C[C@@]12C. The minimum absolute atomic E-state index is 0.0744. The Kier molecular flexibility index (Phi) is 10.6. The molecule has 3 N–H and O–H groups in total. The molecule has 0 aromatic heterocycles. The Morgan fingerprint density at radius 2 is 1.98 bits per heavy atom. The van der Waals surface area contributed by atoms with E-state index in [1.165, 1.54) is 19.1 Å². The van der Waals surface area contributed by atoms with Crippen LogP contribution in [0.5, 0.6) is 5.75 Å². The zero-order valence-corrected chi connectivity index (χ0v) is 28.1. The summed E-state index contributed by atoms with van der Waals surface area (Å²) in [6.45, 7) is 7.57. The number of fused-ring (bicyclic) bond motifs is 5. The van der Waals surface area contributed by atoms with Gasteiger partial charge in [-0.2, -0.15) is 0 Å². The van der Waals surface area contributed by atoms with Gasteiger partial charge in [-0.25, -0.2) is 4.79 Å². The van der Waals surface area contributed by atoms with Crippen molar-refractivity contribution in [2.75, 3.05) is 33.2 Å². The summed E-state index contributed by atoms with van der Waals surface area (Å²) in [5.41, 5.74) is -0.00815. The second kappa shape index (κ2) is 13.7. The number of anilines is 1. The number of carbonyl (C=O) groups is 3. The van der Waals surface area contributed by atoms with E-state index in [9.17, 15) is 19.5 Å². The van der Waals surface area contributed by atoms with E-state index in [0.717, 1.165) is 11.1 Å². The molecule has 2 aliphatic heterocycles. The highest BCUT2D eigenvalue weighted by atomic mass is 35.5. The number of halogens is 1. The third-order valence-electron chi connectivity index (χ3n) is 9.71. The van der Waals surface area contributed by atoms with E-state index >= 15 is 0 Å². The normalized spacial score (nSPS) is 34.8. The molecule has 45 heavy (non-hydrogen) atoms. The van der Waals surface area contributed by atoms with Gasteiger partial charge in [-0.1, -0.05) is 49.2 Å². The van der Waals surface area contributed by atoms with Crippen molar-refractivity contribution < 1.29 is 38.4 Å². The number of esters is 1. The lowest BCUT2D eigenvalue weighted by Crippen LogP contribution is -2.63. The summed E-state index contributed by atoms with van der Waals surface area (Å²) in [6.07, 6.45) is 3.46. The average Bonchev–Trinajstić information content (AvgIpc) is 3.69. The molecule has 1 aromatic rings. The Labute approximate surface area is 270 Å². The molecule has 1 saturated carbocycles. The summed E-state index contributed by atoms with van der Waals surface area (Å²) < 4.78 is 22.9. The lowest BCUT2D eigenvalue weighted by molar-refractivity contribution is -0.157. The van der Waals surface area contributed by atoms with E-state index in [0.29, 0.717) is 29.3 Å². The minimum Gasteiger partial charge on any atom is -0.495 e. The average molecular weight is 648 g/mol. The first kappa shape index (κ1) is 34.7. The molecule has 2 amide bonds. The highest BCUT2D eigenvalue weighted by Crippen LogP contribution is 2.61. The molecule has 0 radical (unpaired) electrons. The molecule has 11 nitrogen and oxygen atoms in total. The molecule has 3 aliphatic rings. The van der Waals surface area contributed by atoms with Crippen molar-refractivity contribution in [2.24, 2.45) is 17.3 Å². The molecule has 4 rings (SSSR count). The summed E-state index contributed by atoms with van der Waals surface area (Å²) in [7, 11) is 6.29. The Morgan fingerprint density at radius 3 is 2.62 bits per heavy atom. The molecule has 0 spiro atoms. The first-order valence-electron chi connectivity index (χ1n) is 15.3. The van der Waals surface area contributed by atoms with Crippen LogP contribution >= 0.6 is 11.6 Å². The number of amides is 2. The number of aliphatic hydroxyl groups is 1. The van der Waals surface area contributed by atoms with Gasteiger partial charge in [0.15, 0.2) is 5.72 Å². The number of nitrogens with one attached hydrogen (secondary N) is 2. The lowest BCUT2D eigenvalue weighted by atomic mass is 9.83. The number of likely N-dealkylation sites (N-methyl/N-ethyl adjacent to an activating group) is 1. The third-order valence-corrected chi connectivity index (χ3v) is 10.1. The van der Waals surface area contributed by atoms with E-state index in [1.807, 2.05) is 39.0 Å². The van der Waals surface area contributed by atoms with E-state index in [2.05, 4.69) is 10.6 Å². The van der Waals surface area contributed by atoms with Crippen LogP contribution in [0.1, 0.15) is 52.5 Å². The lowest BCUT2D eigenvalue weighted by Gasteiger charge is -2.42. The third kappa shape index (κ3) is 7.32. The number of methoxy groups -OCH3 is 2. The molecule has 2 heterocycles. The summed E-state index contributed by atoms with van der Waals surface area (Å²) in [6, 6.07) is 3.09. The maximum Gasteiger partial charge on any atom is 0.409 e. The molecule has 248 valence electrons. The van der Waals surface area contributed by atoms with Crippen molar-refractivity contribution in [1.29, 1.82) is 0 Å². The molecule has 1 aliphatic carbocycles. The zero-order chi connectivity index (χ0) is 33.3. The smallest absolute Gasteiger partial charge is 0.409 e. The molecule has 4 bridgehead atoms. The monoisotopic (exact) mass is 647 g/mol. The van der Waals surface area contributed by atoms with Gasteiger partial charge in [0.25, 0.3) is 0 Å². The molecule has 8 atom stereocenters. The van der Waals surface area contributed by atoms with Crippen molar-refractivity contribution in [1.82, 2.24) is 10.6 Å². The molecular weight excluding hydrogens is 602 g/mol. The van der Waals surface area contributed by atoms with Crippen LogP contribution in [0.3, 0.4) is 0 Å². The number of hydrogen-bond acceptors (Lipinski definition) is 9. The number of hydrogen-bond donors (Lipinski definition) is 3. The number of alkyl carbamates (subject to hydrolysis) is 1. The topological polar surface area (TPSA) is 136 Å². The molecule has 1 unspecified atom stereocenters. The largest absolute Gasteiger partial charge is 0.495 e. The highest BCUT2D eigenvalue weighted by molar-refractivity contribution is 6.35. The highest BCUT2D eigenvalue weighted by Gasteiger charge is 2.62. The summed E-state index contributed by atoms with van der Waals surface area (Å²) in [5, 5.41) is 17.4. The number of benzene rings is 1. The number of allylic oxidation sites excluding steroid dienone is 3. The van der Waals surface area contributed by atoms with Crippen LogP contribution < -0.4 is 20.3 Å². The van der Waals surface area contributed by atoms with Crippen LogP contribution in [0.25, 0.3) is 0 Å². The molecule has 12 heteroatoms. The number of rotatable bonds is 5. The van der Waals surface area contributed by atoms with Crippen LogP contribution in [0.15, 0.2) is 35.9 Å². The van der Waals surface area contributed by atoms with E-state index in [1.54, 1.807) is 33.2 Å². The van der Waals surface area contributed by atoms with Crippen LogP contribution in [0.2, 0.25) is 5.02 Å². The second-order valence-corrected chi connectivity index (χ2v) is 13.2. The fraction of sp³-hybridized carbons (Fsp3) is 0.606. The summed E-state index contributed by atoms with van der Waals surface area (Å²) in [5.74, 6) is -0.641. The van der Waals surface area contributed by atoms with Crippen molar-refractivity contribution in [3.8, 4) is 5.75 Å². The maximum atomic E-state index is 13.9. The van der Waals surface area contributed by atoms with Gasteiger partial charge in [0.05, 0.1) is 19.2 Å². The van der Waals surface area contributed by atoms with Gasteiger partial charge in [0.1, 0.15) is 35.1 Å². The summed E-state index contributed by atoms with van der Waals surface area (Å²) >= 11 is 6.72. The predicted octanol–water partition coefficient (Wildman–Crippen LogP) is 4.14. The van der Waals surface area contributed by atoms with Crippen LogP contribution in [0.4, 0.5) is 10.5 Å². The predicted molar refractivity (Wildman–Crippen MR) is 170 cm³/mol. The van der Waals surface area contributed by atoms with Crippen molar-refractivity contribution in [3.63, 3.8) is 0 Å². The van der Waals surface area contributed by atoms with Gasteiger partial charge in [0.2, 0.25) is 5.91 Å². The van der Waals surface area contributed by atoms with E-state index in [-0.39, 0.29) is 30.6 Å². The number of carbonyl (C=O) groups excluding carboxylic acids is 3. The Bertz CT molecular complexity index is 1370. The van der Waals surface area contributed by atoms with Crippen molar-refractivity contribution in [3.05, 3.63) is 46.5 Å². The van der Waals surface area contributed by atoms with E-state index in [4.69, 9.17) is 30.5 Å². The van der Waals surface area contributed by atoms with Gasteiger partial charge < -0.3 is 34.3 Å². The molecule has 1 saturated heterocycles. The number of nitrogens with zero attached hydrogens (tertiary/aromatic N) is 1. The van der Waals surface area contributed by atoms with Crippen LogP contribution in [-0.2, 0) is 30.2 Å².